The number of fused-ring (bicyclic) bond motifs is 1. The van der Waals surface area contributed by atoms with Gasteiger partial charge in [-0.2, -0.15) is 4.99 Å². The van der Waals surface area contributed by atoms with Crippen molar-refractivity contribution >= 4 is 68.8 Å². The van der Waals surface area contributed by atoms with Gasteiger partial charge in [-0.15, -0.1) is 5.10 Å². The van der Waals surface area contributed by atoms with Crippen LogP contribution < -0.4 is 5.32 Å². The second kappa shape index (κ2) is 8.77. The highest BCUT2D eigenvalue weighted by Crippen LogP contribution is 2.34. The maximum Gasteiger partial charge on any atom is 0.286 e. The predicted octanol–water partition coefficient (Wildman–Crippen LogP) is 4.38. The third-order valence-corrected chi connectivity index (χ3v) is 5.94. The highest BCUT2D eigenvalue weighted by Gasteiger charge is 2.23. The van der Waals surface area contributed by atoms with E-state index in [1.54, 1.807) is 18.2 Å². The predicted molar refractivity (Wildman–Crippen MR) is 124 cm³/mol. The van der Waals surface area contributed by atoms with Crippen LogP contribution in [0.4, 0.5) is 5.69 Å². The van der Waals surface area contributed by atoms with Gasteiger partial charge >= 0.3 is 0 Å². The maximum absolute atomic E-state index is 12.4. The molecule has 0 saturated heterocycles. The summed E-state index contributed by atoms with van der Waals surface area (Å²) in [5.41, 5.74) is 3.13. The van der Waals surface area contributed by atoms with Crippen molar-refractivity contribution in [2.45, 2.75) is 6.54 Å². The Labute approximate surface area is 187 Å². The number of thioether (sulfide) groups is 1. The van der Waals surface area contributed by atoms with Gasteiger partial charge in [0.1, 0.15) is 5.52 Å². The lowest BCUT2D eigenvalue weighted by Crippen LogP contribution is -2.19. The van der Waals surface area contributed by atoms with Crippen LogP contribution in [0.5, 0.6) is 0 Å². The molecule has 0 aliphatic carbocycles. The minimum absolute atomic E-state index is 0.315. The van der Waals surface area contributed by atoms with Crippen molar-refractivity contribution in [3.05, 3.63) is 56.9 Å². The Balaban J connectivity index is 1.54. The number of benzene rings is 2. The molecule has 0 unspecified atom stereocenters. The molecule has 0 fully saturated rings. The molecule has 2 aromatic carbocycles. The number of carbonyl (C=O) groups is 1. The summed E-state index contributed by atoms with van der Waals surface area (Å²) in [7, 11) is 4.03. The molecular weight excluding hydrogens is 443 g/mol. The number of amidine groups is 1. The number of hydrogen-bond donors (Lipinski definition) is 1. The molecule has 3 aromatic rings. The van der Waals surface area contributed by atoms with Crippen LogP contribution in [0, 0.1) is 0 Å². The molecule has 1 N–H and O–H groups in total. The molecule has 1 aliphatic heterocycles. The number of anilines is 1. The minimum atomic E-state index is -0.315. The van der Waals surface area contributed by atoms with Crippen LogP contribution in [0.3, 0.4) is 0 Å². The number of para-hydroxylation sites is 1. The van der Waals surface area contributed by atoms with E-state index in [-0.39, 0.29) is 5.91 Å². The minimum Gasteiger partial charge on any atom is -0.332 e. The average molecular weight is 461 g/mol. The molecule has 2 heterocycles. The number of amides is 1. The van der Waals surface area contributed by atoms with Gasteiger partial charge in [0.2, 0.25) is 0 Å². The molecule has 4 rings (SSSR count). The van der Waals surface area contributed by atoms with Gasteiger partial charge in [-0.1, -0.05) is 40.5 Å². The maximum atomic E-state index is 12.4. The van der Waals surface area contributed by atoms with E-state index in [0.29, 0.717) is 25.8 Å². The van der Waals surface area contributed by atoms with Crippen LogP contribution in [0.2, 0.25) is 10.0 Å². The molecule has 1 aromatic heterocycles. The molecule has 10 heteroatoms. The van der Waals surface area contributed by atoms with Crippen molar-refractivity contribution in [3.8, 4) is 0 Å². The number of rotatable bonds is 5. The van der Waals surface area contributed by atoms with Crippen LogP contribution in [0.1, 0.15) is 5.56 Å². The summed E-state index contributed by atoms with van der Waals surface area (Å²) in [4.78, 5) is 19.1. The third kappa shape index (κ3) is 4.52. The van der Waals surface area contributed by atoms with E-state index in [4.69, 9.17) is 23.2 Å². The summed E-state index contributed by atoms with van der Waals surface area (Å²) in [6.45, 7) is 1.58. The zero-order chi connectivity index (χ0) is 21.3. The van der Waals surface area contributed by atoms with Crippen LogP contribution in [0.25, 0.3) is 17.1 Å². The summed E-state index contributed by atoms with van der Waals surface area (Å²) in [6.07, 6.45) is 1.81. The molecule has 0 atom stereocenters. The van der Waals surface area contributed by atoms with Crippen molar-refractivity contribution in [3.63, 3.8) is 0 Å². The Kier molecular flexibility index (Phi) is 6.10. The SMILES string of the molecule is CN(C)CCn1nnc2ccc(C=C3SC(Nc4c(Cl)cccc4Cl)=NC3=O)cc21. The quantitative estimate of drug-likeness (QED) is 0.569. The number of carbonyl (C=O) groups excluding carboxylic acids is 1. The molecule has 0 spiro atoms. The zero-order valence-corrected chi connectivity index (χ0v) is 18.6. The van der Waals surface area contributed by atoms with E-state index < -0.39 is 0 Å². The van der Waals surface area contributed by atoms with Gasteiger partial charge in [0, 0.05) is 6.54 Å². The lowest BCUT2D eigenvalue weighted by molar-refractivity contribution is -0.113. The number of nitrogens with zero attached hydrogens (tertiary/aromatic N) is 5. The highest BCUT2D eigenvalue weighted by molar-refractivity contribution is 8.18. The summed E-state index contributed by atoms with van der Waals surface area (Å²) in [5.74, 6) is -0.315. The monoisotopic (exact) mass is 460 g/mol. The van der Waals surface area contributed by atoms with Gasteiger partial charge in [0.15, 0.2) is 5.17 Å². The van der Waals surface area contributed by atoms with Gasteiger partial charge in [-0.05, 0) is 61.8 Å². The molecule has 0 bridgehead atoms. The summed E-state index contributed by atoms with van der Waals surface area (Å²) in [5, 5.41) is 12.8. The van der Waals surface area contributed by atoms with E-state index in [1.165, 1.54) is 11.8 Å². The number of halogens is 2. The Morgan fingerprint density at radius 3 is 2.70 bits per heavy atom. The average Bonchev–Trinajstić information content (AvgIpc) is 3.26. The molecule has 1 aliphatic rings. The van der Waals surface area contributed by atoms with Crippen molar-refractivity contribution in [2.24, 2.45) is 4.99 Å². The van der Waals surface area contributed by atoms with Gasteiger partial charge in [-0.3, -0.25) is 4.79 Å². The van der Waals surface area contributed by atoms with E-state index in [9.17, 15) is 4.79 Å². The Morgan fingerprint density at radius 2 is 1.97 bits per heavy atom. The van der Waals surface area contributed by atoms with Crippen molar-refractivity contribution < 1.29 is 4.79 Å². The summed E-state index contributed by atoms with van der Waals surface area (Å²) < 4.78 is 1.86. The Morgan fingerprint density at radius 1 is 1.20 bits per heavy atom. The first-order valence-electron chi connectivity index (χ1n) is 9.12. The standard InChI is InChI=1S/C20H18Cl2N6OS/c1-27(2)8-9-28-16-10-12(6-7-15(16)25-26-28)11-17-19(29)24-20(30-17)23-18-13(21)4-3-5-14(18)22/h3-7,10-11H,8-9H2,1-2H3,(H,23,24,29). The highest BCUT2D eigenvalue weighted by atomic mass is 35.5. The molecule has 154 valence electrons. The molecule has 30 heavy (non-hydrogen) atoms. The van der Waals surface area contributed by atoms with E-state index in [0.717, 1.165) is 29.7 Å². The van der Waals surface area contributed by atoms with Crippen molar-refractivity contribution in [2.75, 3.05) is 26.0 Å². The lowest BCUT2D eigenvalue weighted by Gasteiger charge is -2.09. The second-order valence-corrected chi connectivity index (χ2v) is 8.76. The normalized spacial score (nSPS) is 15.4. The van der Waals surface area contributed by atoms with Crippen LogP contribution in [0.15, 0.2) is 46.3 Å². The second-order valence-electron chi connectivity index (χ2n) is 6.92. The first-order chi connectivity index (χ1) is 14.4. The van der Waals surface area contributed by atoms with Crippen molar-refractivity contribution in [1.82, 2.24) is 19.9 Å². The fourth-order valence-electron chi connectivity index (χ4n) is 2.87. The fourth-order valence-corrected chi connectivity index (χ4v) is 4.18. The van der Waals surface area contributed by atoms with E-state index in [2.05, 4.69) is 25.5 Å². The number of aromatic nitrogens is 3. The summed E-state index contributed by atoms with van der Waals surface area (Å²) in [6, 6.07) is 11.0. The molecule has 7 nitrogen and oxygen atoms in total. The van der Waals surface area contributed by atoms with Gasteiger partial charge in [-0.25, -0.2) is 4.68 Å². The first kappa shape index (κ1) is 20.9. The largest absolute Gasteiger partial charge is 0.332 e. The van der Waals surface area contributed by atoms with Gasteiger partial charge in [0.25, 0.3) is 5.91 Å². The topological polar surface area (TPSA) is 75.4 Å². The number of aliphatic imine (C=N–C) groups is 1. The van der Waals surface area contributed by atoms with Crippen LogP contribution in [-0.2, 0) is 11.3 Å². The Hall–Kier alpha value is -2.39. The smallest absolute Gasteiger partial charge is 0.286 e. The zero-order valence-electron chi connectivity index (χ0n) is 16.3. The number of hydrogen-bond acceptors (Lipinski definition) is 6. The number of nitrogens with one attached hydrogen (secondary N) is 1. The van der Waals surface area contributed by atoms with Crippen LogP contribution >= 0.6 is 35.0 Å². The Bertz CT molecular complexity index is 1170. The molecule has 0 radical (unpaired) electrons. The van der Waals surface area contributed by atoms with E-state index >= 15 is 0 Å². The molecule has 0 saturated carbocycles. The van der Waals surface area contributed by atoms with Gasteiger partial charge < -0.3 is 10.2 Å². The fraction of sp³-hybridized carbons (Fsp3) is 0.200. The van der Waals surface area contributed by atoms with E-state index in [1.807, 2.05) is 43.1 Å². The van der Waals surface area contributed by atoms with Crippen molar-refractivity contribution in [1.29, 1.82) is 0 Å². The third-order valence-electron chi connectivity index (χ3n) is 4.41. The summed E-state index contributed by atoms with van der Waals surface area (Å²) >= 11 is 13.6. The number of likely N-dealkylation sites (N-methyl/N-ethyl adjacent to an activating group) is 1. The lowest BCUT2D eigenvalue weighted by atomic mass is 10.2. The molecular formula is C20H18Cl2N6OS. The van der Waals surface area contributed by atoms with Crippen LogP contribution in [-0.4, -0.2) is 51.6 Å². The molecule has 1 amide bonds. The van der Waals surface area contributed by atoms with Gasteiger partial charge in [0.05, 0.1) is 32.7 Å². The first-order valence-corrected chi connectivity index (χ1v) is 10.7.